The number of carbonyl (C=O) groups excluding carboxylic acids is 1. The van der Waals surface area contributed by atoms with Crippen LogP contribution in [0, 0.1) is 6.92 Å². The van der Waals surface area contributed by atoms with Crippen molar-refractivity contribution in [3.05, 3.63) is 41.9 Å². The quantitative estimate of drug-likeness (QED) is 0.856. The average Bonchev–Trinajstić information content (AvgIpc) is 2.97. The van der Waals surface area contributed by atoms with Crippen LogP contribution in [-0.2, 0) is 5.54 Å². The number of aryl methyl sites for hydroxylation is 1. The van der Waals surface area contributed by atoms with Crippen molar-refractivity contribution in [3.63, 3.8) is 0 Å². The van der Waals surface area contributed by atoms with Crippen LogP contribution in [0.25, 0.3) is 0 Å². The zero-order valence-electron chi connectivity index (χ0n) is 14.5. The molecule has 0 radical (unpaired) electrons. The summed E-state index contributed by atoms with van der Waals surface area (Å²) in [5.74, 6) is 1.40. The lowest BCUT2D eigenvalue weighted by Crippen LogP contribution is -2.44. The van der Waals surface area contributed by atoms with Crippen molar-refractivity contribution in [2.24, 2.45) is 0 Å². The molecular weight excluding hydrogens is 304 g/mol. The fraction of sp³-hybridized carbons (Fsp3) is 0.471. The smallest absolute Gasteiger partial charge is 0.274 e. The van der Waals surface area contributed by atoms with Crippen molar-refractivity contribution in [3.8, 4) is 0 Å². The minimum absolute atomic E-state index is 0.125. The summed E-state index contributed by atoms with van der Waals surface area (Å²) < 4.78 is 0. The number of aromatic nitrogens is 4. The summed E-state index contributed by atoms with van der Waals surface area (Å²) in [5, 5.41) is 0. The number of hydrogen-bond acceptors (Lipinski definition) is 6. The molecule has 1 atom stereocenters. The molecule has 2 aromatic rings. The Labute approximate surface area is 141 Å². The van der Waals surface area contributed by atoms with Crippen LogP contribution in [-0.4, -0.2) is 51.4 Å². The van der Waals surface area contributed by atoms with E-state index in [2.05, 4.69) is 15.0 Å². The summed E-state index contributed by atoms with van der Waals surface area (Å²) in [6, 6.07) is 1.94. The van der Waals surface area contributed by atoms with Crippen LogP contribution < -0.4 is 4.90 Å². The first-order chi connectivity index (χ1) is 11.4. The average molecular weight is 326 g/mol. The first-order valence-electron chi connectivity index (χ1n) is 8.03. The molecule has 0 saturated carbocycles. The normalized spacial score (nSPS) is 20.2. The van der Waals surface area contributed by atoms with Gasteiger partial charge in [-0.05, 0) is 26.7 Å². The van der Waals surface area contributed by atoms with Gasteiger partial charge in [-0.15, -0.1) is 0 Å². The summed E-state index contributed by atoms with van der Waals surface area (Å²) in [7, 11) is 3.90. The highest BCUT2D eigenvalue weighted by Gasteiger charge is 2.44. The summed E-state index contributed by atoms with van der Waals surface area (Å²) in [4.78, 5) is 34.1. The van der Waals surface area contributed by atoms with Crippen molar-refractivity contribution >= 4 is 11.7 Å². The molecule has 1 fully saturated rings. The van der Waals surface area contributed by atoms with Crippen molar-refractivity contribution < 1.29 is 4.79 Å². The fourth-order valence-corrected chi connectivity index (χ4v) is 3.09. The highest BCUT2D eigenvalue weighted by atomic mass is 16.2. The van der Waals surface area contributed by atoms with Crippen LogP contribution in [0.15, 0.2) is 24.7 Å². The van der Waals surface area contributed by atoms with Gasteiger partial charge >= 0.3 is 0 Å². The maximum absolute atomic E-state index is 12.9. The van der Waals surface area contributed by atoms with E-state index in [-0.39, 0.29) is 5.91 Å². The van der Waals surface area contributed by atoms with Crippen molar-refractivity contribution in [2.45, 2.75) is 32.2 Å². The summed E-state index contributed by atoms with van der Waals surface area (Å²) in [6.07, 6.45) is 6.34. The summed E-state index contributed by atoms with van der Waals surface area (Å²) in [5.41, 5.74) is 0.709. The van der Waals surface area contributed by atoms with Gasteiger partial charge in [-0.2, -0.15) is 0 Å². The van der Waals surface area contributed by atoms with Gasteiger partial charge in [0.05, 0.1) is 6.20 Å². The lowest BCUT2D eigenvalue weighted by Gasteiger charge is -2.34. The summed E-state index contributed by atoms with van der Waals surface area (Å²) in [6.45, 7) is 4.65. The predicted octanol–water partition coefficient (Wildman–Crippen LogP) is 1.79. The molecule has 0 bridgehead atoms. The number of rotatable bonds is 3. The van der Waals surface area contributed by atoms with Gasteiger partial charge in [0, 0.05) is 44.8 Å². The highest BCUT2D eigenvalue weighted by Crippen LogP contribution is 2.38. The Morgan fingerprint density at radius 1 is 1.29 bits per heavy atom. The molecule has 3 rings (SSSR count). The van der Waals surface area contributed by atoms with Gasteiger partial charge in [0.1, 0.15) is 17.1 Å². The van der Waals surface area contributed by atoms with Crippen LogP contribution in [0.2, 0.25) is 0 Å². The molecule has 2 aromatic heterocycles. The van der Waals surface area contributed by atoms with Gasteiger partial charge in [0.2, 0.25) is 0 Å². The van der Waals surface area contributed by atoms with Crippen molar-refractivity contribution in [2.75, 3.05) is 25.5 Å². The Morgan fingerprint density at radius 2 is 2.08 bits per heavy atom. The molecule has 0 aromatic carbocycles. The third kappa shape index (κ3) is 2.81. The van der Waals surface area contributed by atoms with Gasteiger partial charge < -0.3 is 9.80 Å². The van der Waals surface area contributed by atoms with E-state index in [1.54, 1.807) is 6.20 Å². The monoisotopic (exact) mass is 326 g/mol. The van der Waals surface area contributed by atoms with Crippen LogP contribution in [0.5, 0.6) is 0 Å². The van der Waals surface area contributed by atoms with E-state index in [4.69, 9.17) is 4.98 Å². The predicted molar refractivity (Wildman–Crippen MR) is 90.8 cm³/mol. The van der Waals surface area contributed by atoms with E-state index in [0.717, 1.165) is 24.4 Å². The Kier molecular flexibility index (Phi) is 4.17. The molecule has 7 heteroatoms. The molecule has 1 aliphatic rings. The first-order valence-corrected chi connectivity index (χ1v) is 8.03. The standard InChI is InChI=1S/C17H22N6O/c1-12-10-14(22(3)4)21-16(20-12)17(2)6-5-9-23(17)15(24)13-11-18-7-8-19-13/h7-8,10-11H,5-6,9H2,1-4H3/t17-/m1/s1. The van der Waals surface area contributed by atoms with Crippen LogP contribution in [0.4, 0.5) is 5.82 Å². The molecule has 126 valence electrons. The topological polar surface area (TPSA) is 75.1 Å². The van der Waals surface area contributed by atoms with E-state index in [1.807, 2.05) is 43.8 Å². The second-order valence-corrected chi connectivity index (χ2v) is 6.51. The molecule has 3 heterocycles. The molecule has 0 aliphatic carbocycles. The second-order valence-electron chi connectivity index (χ2n) is 6.51. The number of nitrogens with zero attached hydrogens (tertiary/aromatic N) is 6. The van der Waals surface area contributed by atoms with E-state index in [1.165, 1.54) is 12.4 Å². The molecule has 0 N–H and O–H groups in total. The third-order valence-electron chi connectivity index (χ3n) is 4.45. The molecular formula is C17H22N6O. The summed E-state index contributed by atoms with van der Waals surface area (Å²) >= 11 is 0. The van der Waals surface area contributed by atoms with Gasteiger partial charge in [-0.1, -0.05) is 0 Å². The SMILES string of the molecule is Cc1cc(N(C)C)nc([C@@]2(C)CCCN2C(=O)c2cnccn2)n1. The zero-order chi connectivity index (χ0) is 17.3. The zero-order valence-corrected chi connectivity index (χ0v) is 14.5. The largest absolute Gasteiger partial charge is 0.363 e. The Balaban J connectivity index is 2.01. The lowest BCUT2D eigenvalue weighted by molar-refractivity contribution is 0.0597. The van der Waals surface area contributed by atoms with Gasteiger partial charge in [-0.25, -0.2) is 15.0 Å². The van der Waals surface area contributed by atoms with E-state index >= 15 is 0 Å². The fourth-order valence-electron chi connectivity index (χ4n) is 3.09. The molecule has 0 spiro atoms. The van der Waals surface area contributed by atoms with Crippen LogP contribution in [0.3, 0.4) is 0 Å². The Hall–Kier alpha value is -2.57. The number of anilines is 1. The van der Waals surface area contributed by atoms with E-state index in [9.17, 15) is 4.79 Å². The van der Waals surface area contributed by atoms with E-state index < -0.39 is 5.54 Å². The molecule has 0 unspecified atom stereocenters. The second kappa shape index (κ2) is 6.14. The lowest BCUT2D eigenvalue weighted by atomic mass is 9.97. The Bertz CT molecular complexity index is 748. The first kappa shape index (κ1) is 16.3. The maximum Gasteiger partial charge on any atom is 0.274 e. The van der Waals surface area contributed by atoms with Gasteiger partial charge in [0.25, 0.3) is 5.91 Å². The maximum atomic E-state index is 12.9. The van der Waals surface area contributed by atoms with Crippen LogP contribution >= 0.6 is 0 Å². The van der Waals surface area contributed by atoms with Crippen molar-refractivity contribution in [1.29, 1.82) is 0 Å². The minimum atomic E-state index is -0.536. The van der Waals surface area contributed by atoms with Crippen molar-refractivity contribution in [1.82, 2.24) is 24.8 Å². The third-order valence-corrected chi connectivity index (χ3v) is 4.45. The molecule has 24 heavy (non-hydrogen) atoms. The number of amides is 1. The molecule has 1 amide bonds. The number of hydrogen-bond donors (Lipinski definition) is 0. The van der Waals surface area contributed by atoms with Gasteiger partial charge in [0.15, 0.2) is 5.82 Å². The number of carbonyl (C=O) groups is 1. The van der Waals surface area contributed by atoms with Gasteiger partial charge in [-0.3, -0.25) is 9.78 Å². The van der Waals surface area contributed by atoms with E-state index in [0.29, 0.717) is 18.1 Å². The molecule has 1 saturated heterocycles. The molecule has 1 aliphatic heterocycles. The number of likely N-dealkylation sites (tertiary alicyclic amines) is 1. The molecule has 7 nitrogen and oxygen atoms in total. The highest BCUT2D eigenvalue weighted by molar-refractivity contribution is 5.92. The van der Waals surface area contributed by atoms with Crippen LogP contribution in [0.1, 0.15) is 41.8 Å². The Morgan fingerprint density at radius 3 is 2.75 bits per heavy atom. The minimum Gasteiger partial charge on any atom is -0.363 e.